The number of rotatable bonds is 11. The van der Waals surface area contributed by atoms with Crippen molar-refractivity contribution >= 4 is 11.6 Å². The number of terminal acetylenes is 1. The molecule has 1 heterocycles. The molecule has 0 unspecified atom stereocenters. The molecule has 1 aromatic heterocycles. The van der Waals surface area contributed by atoms with E-state index in [2.05, 4.69) is 10.8 Å². The summed E-state index contributed by atoms with van der Waals surface area (Å²) in [5.74, 6) is 3.63. The van der Waals surface area contributed by atoms with Crippen molar-refractivity contribution in [2.24, 2.45) is 7.05 Å². The summed E-state index contributed by atoms with van der Waals surface area (Å²) in [7, 11) is 1.87. The van der Waals surface area contributed by atoms with Crippen LogP contribution in [0.4, 0.5) is 0 Å². The van der Waals surface area contributed by atoms with Crippen LogP contribution in [-0.2, 0) is 18.3 Å². The number of halogens is 1. The van der Waals surface area contributed by atoms with Crippen LogP contribution in [0.15, 0.2) is 54.6 Å². The van der Waals surface area contributed by atoms with Gasteiger partial charge in [-0.05, 0) is 25.0 Å². The highest BCUT2D eigenvalue weighted by Crippen LogP contribution is 2.38. The SMILES string of the molecule is C#CCOC[C@H](O)CN(Cc1c(-c2ccccc2)nn(C)c1Oc1ccccc1Cl)C1CC1. The van der Waals surface area contributed by atoms with E-state index >= 15 is 0 Å². The van der Waals surface area contributed by atoms with E-state index in [9.17, 15) is 5.11 Å². The lowest BCUT2D eigenvalue weighted by atomic mass is 10.1. The third kappa shape index (κ3) is 5.95. The Bertz CT molecular complexity index is 1110. The van der Waals surface area contributed by atoms with Crippen molar-refractivity contribution in [3.63, 3.8) is 0 Å². The lowest BCUT2D eigenvalue weighted by Crippen LogP contribution is -2.36. The van der Waals surface area contributed by atoms with Gasteiger partial charge in [0.25, 0.3) is 0 Å². The first-order chi connectivity index (χ1) is 16.1. The fraction of sp³-hybridized carbons (Fsp3) is 0.346. The Labute approximate surface area is 199 Å². The summed E-state index contributed by atoms with van der Waals surface area (Å²) in [6.07, 6.45) is 6.80. The molecule has 0 spiro atoms. The minimum atomic E-state index is -0.635. The van der Waals surface area contributed by atoms with E-state index in [-0.39, 0.29) is 13.2 Å². The highest BCUT2D eigenvalue weighted by molar-refractivity contribution is 6.32. The molecule has 1 aliphatic rings. The summed E-state index contributed by atoms with van der Waals surface area (Å²) >= 11 is 6.37. The van der Waals surface area contributed by atoms with E-state index in [0.29, 0.717) is 35.8 Å². The molecule has 7 heteroatoms. The van der Waals surface area contributed by atoms with Crippen molar-refractivity contribution in [2.45, 2.75) is 31.5 Å². The minimum absolute atomic E-state index is 0.192. The molecule has 33 heavy (non-hydrogen) atoms. The zero-order valence-electron chi connectivity index (χ0n) is 18.7. The molecule has 1 atom stereocenters. The van der Waals surface area contributed by atoms with E-state index in [4.69, 9.17) is 32.6 Å². The summed E-state index contributed by atoms with van der Waals surface area (Å²) in [6, 6.07) is 17.8. The fourth-order valence-electron chi connectivity index (χ4n) is 3.84. The number of para-hydroxylation sites is 1. The van der Waals surface area contributed by atoms with E-state index in [1.165, 1.54) is 0 Å². The molecular formula is C26H28ClN3O3. The predicted molar refractivity (Wildman–Crippen MR) is 129 cm³/mol. The van der Waals surface area contributed by atoms with Gasteiger partial charge in [0.2, 0.25) is 5.88 Å². The number of aliphatic hydroxyl groups excluding tert-OH is 1. The molecule has 1 saturated carbocycles. The molecule has 2 aromatic carbocycles. The number of aliphatic hydroxyl groups is 1. The van der Waals surface area contributed by atoms with Gasteiger partial charge in [0.05, 0.1) is 23.3 Å². The average Bonchev–Trinajstić information content (AvgIpc) is 3.62. The summed E-state index contributed by atoms with van der Waals surface area (Å²) in [4.78, 5) is 2.27. The van der Waals surface area contributed by atoms with E-state index in [1.807, 2.05) is 55.6 Å². The van der Waals surface area contributed by atoms with Gasteiger partial charge in [-0.3, -0.25) is 4.90 Å². The molecule has 1 fully saturated rings. The lowest BCUT2D eigenvalue weighted by molar-refractivity contribution is 0.0241. The van der Waals surface area contributed by atoms with Gasteiger partial charge in [-0.1, -0.05) is 60.0 Å². The quantitative estimate of drug-likeness (QED) is 0.333. The van der Waals surface area contributed by atoms with Crippen LogP contribution in [0.3, 0.4) is 0 Å². The maximum absolute atomic E-state index is 10.5. The largest absolute Gasteiger partial charge is 0.437 e. The summed E-state index contributed by atoms with van der Waals surface area (Å²) in [6.45, 7) is 1.45. The second kappa shape index (κ2) is 10.9. The Balaban J connectivity index is 1.65. The van der Waals surface area contributed by atoms with Crippen molar-refractivity contribution in [1.82, 2.24) is 14.7 Å². The average molecular weight is 466 g/mol. The Kier molecular flexibility index (Phi) is 7.69. The standard InChI is InChI=1S/C26H28ClN3O3/c1-3-15-32-18-21(31)16-30(20-13-14-20)17-22-25(19-9-5-4-6-10-19)28-29(2)26(22)33-24-12-8-7-11-23(24)27/h1,4-12,20-21,31H,13-18H2,2H3/t21-/m1/s1. The Morgan fingerprint density at radius 1 is 1.21 bits per heavy atom. The normalized spacial score (nSPS) is 14.3. The zero-order chi connectivity index (χ0) is 23.2. The van der Waals surface area contributed by atoms with Gasteiger partial charge >= 0.3 is 0 Å². The Hall–Kier alpha value is -2.82. The van der Waals surface area contributed by atoms with Gasteiger partial charge < -0.3 is 14.6 Å². The Morgan fingerprint density at radius 2 is 1.94 bits per heavy atom. The van der Waals surface area contributed by atoms with Gasteiger partial charge in [0, 0.05) is 31.7 Å². The molecule has 4 rings (SSSR count). The van der Waals surface area contributed by atoms with Crippen LogP contribution in [0.25, 0.3) is 11.3 Å². The van der Waals surface area contributed by atoms with Crippen LogP contribution in [0.2, 0.25) is 5.02 Å². The number of hydrogen-bond acceptors (Lipinski definition) is 5. The van der Waals surface area contributed by atoms with Gasteiger partial charge in [-0.2, -0.15) is 5.10 Å². The van der Waals surface area contributed by atoms with Gasteiger partial charge in [-0.15, -0.1) is 6.42 Å². The summed E-state index contributed by atoms with van der Waals surface area (Å²) in [5.41, 5.74) is 2.81. The van der Waals surface area contributed by atoms with Crippen LogP contribution in [-0.4, -0.2) is 51.7 Å². The molecule has 3 aromatic rings. The smallest absolute Gasteiger partial charge is 0.222 e. The molecule has 0 amide bonds. The van der Waals surface area contributed by atoms with E-state index in [0.717, 1.165) is 29.7 Å². The van der Waals surface area contributed by atoms with Crippen LogP contribution >= 0.6 is 11.6 Å². The first kappa shape index (κ1) is 23.3. The molecule has 0 aliphatic heterocycles. The van der Waals surface area contributed by atoms with Crippen molar-refractivity contribution in [1.29, 1.82) is 0 Å². The molecule has 0 saturated heterocycles. The number of ether oxygens (including phenoxy) is 2. The maximum Gasteiger partial charge on any atom is 0.222 e. The van der Waals surface area contributed by atoms with Crippen LogP contribution in [0, 0.1) is 12.3 Å². The van der Waals surface area contributed by atoms with Crippen LogP contribution in [0.5, 0.6) is 11.6 Å². The van der Waals surface area contributed by atoms with Crippen molar-refractivity contribution in [2.75, 3.05) is 19.8 Å². The second-order valence-corrected chi connectivity index (χ2v) is 8.60. The number of benzene rings is 2. The number of aryl methyl sites for hydroxylation is 1. The van der Waals surface area contributed by atoms with Crippen LogP contribution < -0.4 is 4.74 Å². The molecular weight excluding hydrogens is 438 g/mol. The molecule has 0 radical (unpaired) electrons. The lowest BCUT2D eigenvalue weighted by Gasteiger charge is -2.25. The van der Waals surface area contributed by atoms with Crippen molar-refractivity contribution < 1.29 is 14.6 Å². The highest BCUT2D eigenvalue weighted by Gasteiger charge is 2.33. The Morgan fingerprint density at radius 3 is 2.64 bits per heavy atom. The predicted octanol–water partition coefficient (Wildman–Crippen LogP) is 4.51. The van der Waals surface area contributed by atoms with Crippen molar-refractivity contribution in [3.8, 4) is 35.2 Å². The topological polar surface area (TPSA) is 59.8 Å². The zero-order valence-corrected chi connectivity index (χ0v) is 19.4. The molecule has 1 N–H and O–H groups in total. The number of nitrogens with zero attached hydrogens (tertiary/aromatic N) is 3. The molecule has 0 bridgehead atoms. The maximum atomic E-state index is 10.5. The minimum Gasteiger partial charge on any atom is -0.437 e. The number of hydrogen-bond donors (Lipinski definition) is 1. The van der Waals surface area contributed by atoms with Crippen LogP contribution in [0.1, 0.15) is 18.4 Å². The van der Waals surface area contributed by atoms with Gasteiger partial charge in [0.15, 0.2) is 0 Å². The second-order valence-electron chi connectivity index (χ2n) is 8.19. The van der Waals surface area contributed by atoms with Gasteiger partial charge in [-0.25, -0.2) is 4.68 Å². The first-order valence-corrected chi connectivity index (χ1v) is 11.4. The van der Waals surface area contributed by atoms with Crippen molar-refractivity contribution in [3.05, 3.63) is 65.2 Å². The fourth-order valence-corrected chi connectivity index (χ4v) is 4.02. The third-order valence-electron chi connectivity index (χ3n) is 5.54. The molecule has 1 aliphatic carbocycles. The summed E-state index contributed by atoms with van der Waals surface area (Å²) < 4.78 is 13.4. The molecule has 172 valence electrons. The van der Waals surface area contributed by atoms with E-state index in [1.54, 1.807) is 10.7 Å². The highest BCUT2D eigenvalue weighted by atomic mass is 35.5. The monoisotopic (exact) mass is 465 g/mol. The molecule has 6 nitrogen and oxygen atoms in total. The van der Waals surface area contributed by atoms with E-state index < -0.39 is 6.10 Å². The first-order valence-electron chi connectivity index (χ1n) is 11.0. The summed E-state index contributed by atoms with van der Waals surface area (Å²) in [5, 5.41) is 15.9. The van der Waals surface area contributed by atoms with Gasteiger partial charge in [0.1, 0.15) is 18.1 Å². The third-order valence-corrected chi connectivity index (χ3v) is 5.86. The number of aromatic nitrogens is 2.